The number of fused-ring (bicyclic) bond motifs is 1. The van der Waals surface area contributed by atoms with Crippen LogP contribution in [0.15, 0.2) is 10.5 Å². The zero-order chi connectivity index (χ0) is 14.0. The Morgan fingerprint density at radius 2 is 2.05 bits per heavy atom. The van der Waals surface area contributed by atoms with Crippen LogP contribution in [0.3, 0.4) is 0 Å². The van der Waals surface area contributed by atoms with E-state index in [0.29, 0.717) is 10.0 Å². The average Bonchev–Trinajstić information content (AvgIpc) is 2.54. The van der Waals surface area contributed by atoms with Crippen molar-refractivity contribution in [2.24, 2.45) is 5.73 Å². The van der Waals surface area contributed by atoms with Gasteiger partial charge >= 0.3 is 5.97 Å². The third-order valence-corrected chi connectivity index (χ3v) is 4.24. The molecular weight excluding hydrogens is 310 g/mol. The lowest BCUT2D eigenvalue weighted by Gasteiger charge is -2.20. The molecule has 0 bridgehead atoms. The van der Waals surface area contributed by atoms with Crippen molar-refractivity contribution in [2.75, 3.05) is 0 Å². The van der Waals surface area contributed by atoms with Crippen LogP contribution in [0.2, 0.25) is 0 Å². The second-order valence-corrected chi connectivity index (χ2v) is 5.88. The number of nitrogens with two attached hydrogens (primary N) is 1. The lowest BCUT2D eigenvalue weighted by Crippen LogP contribution is -2.18. The van der Waals surface area contributed by atoms with Crippen molar-refractivity contribution in [1.29, 1.82) is 0 Å². The van der Waals surface area contributed by atoms with E-state index in [-0.39, 0.29) is 12.2 Å². The van der Waals surface area contributed by atoms with E-state index >= 15 is 0 Å². The number of hydrogen-bond acceptors (Lipinski definition) is 3. The topological polar surface area (TPSA) is 83.6 Å². The molecule has 1 aromatic carbocycles. The Kier molecular flexibility index (Phi) is 4.47. The summed E-state index contributed by atoms with van der Waals surface area (Å²) in [7, 11) is 0. The van der Waals surface area contributed by atoms with Crippen molar-refractivity contribution in [2.45, 2.75) is 44.6 Å². The Labute approximate surface area is 120 Å². The molecule has 0 saturated carbocycles. The van der Waals surface area contributed by atoms with E-state index in [1.165, 1.54) is 5.56 Å². The van der Waals surface area contributed by atoms with E-state index in [4.69, 9.17) is 10.8 Å². The first-order valence-corrected chi connectivity index (χ1v) is 7.30. The quantitative estimate of drug-likeness (QED) is 0.745. The van der Waals surface area contributed by atoms with Gasteiger partial charge in [-0.1, -0.05) is 6.42 Å². The third kappa shape index (κ3) is 3.09. The molecule has 1 atom stereocenters. The van der Waals surface area contributed by atoms with E-state index in [9.17, 15) is 9.90 Å². The van der Waals surface area contributed by atoms with Crippen LogP contribution in [-0.4, -0.2) is 16.2 Å². The van der Waals surface area contributed by atoms with E-state index in [2.05, 4.69) is 15.9 Å². The zero-order valence-electron chi connectivity index (χ0n) is 10.7. The molecule has 1 aliphatic carbocycles. The fourth-order valence-corrected chi connectivity index (χ4v) is 3.24. The van der Waals surface area contributed by atoms with Crippen molar-refractivity contribution in [1.82, 2.24) is 0 Å². The van der Waals surface area contributed by atoms with Gasteiger partial charge in [0.1, 0.15) is 5.75 Å². The van der Waals surface area contributed by atoms with Gasteiger partial charge in [-0.15, -0.1) is 0 Å². The molecule has 0 amide bonds. The van der Waals surface area contributed by atoms with Crippen LogP contribution in [0.4, 0.5) is 0 Å². The van der Waals surface area contributed by atoms with Crippen molar-refractivity contribution in [3.63, 3.8) is 0 Å². The Hall–Kier alpha value is -1.07. The molecule has 4 N–H and O–H groups in total. The first-order valence-electron chi connectivity index (χ1n) is 6.51. The molecule has 1 aliphatic rings. The minimum absolute atomic E-state index is 0.0920. The molecule has 1 aromatic rings. The minimum Gasteiger partial charge on any atom is -0.506 e. The van der Waals surface area contributed by atoms with Crippen molar-refractivity contribution < 1.29 is 15.0 Å². The molecule has 2 rings (SSSR count). The summed E-state index contributed by atoms with van der Waals surface area (Å²) in [5.41, 5.74) is 8.81. The third-order valence-electron chi connectivity index (χ3n) is 3.63. The summed E-state index contributed by atoms with van der Waals surface area (Å²) >= 11 is 3.33. The van der Waals surface area contributed by atoms with Gasteiger partial charge in [0.15, 0.2) is 0 Å². The summed E-state index contributed by atoms with van der Waals surface area (Å²) < 4.78 is 0.601. The smallest absolute Gasteiger partial charge is 0.305 e. The van der Waals surface area contributed by atoms with Gasteiger partial charge in [0, 0.05) is 11.6 Å². The van der Waals surface area contributed by atoms with Gasteiger partial charge < -0.3 is 15.9 Å². The van der Waals surface area contributed by atoms with E-state index < -0.39 is 12.0 Å². The van der Waals surface area contributed by atoms with Crippen LogP contribution in [0.25, 0.3) is 0 Å². The SMILES string of the molecule is NC(CC(=O)O)c1c(O)c(Br)cc2c1CCCCC2. The molecule has 0 saturated heterocycles. The summed E-state index contributed by atoms with van der Waals surface area (Å²) in [6, 6.07) is 1.27. The highest BCUT2D eigenvalue weighted by molar-refractivity contribution is 9.10. The number of carboxylic acids is 1. The maximum absolute atomic E-state index is 10.8. The lowest BCUT2D eigenvalue weighted by molar-refractivity contribution is -0.137. The summed E-state index contributed by atoms with van der Waals surface area (Å²) in [5.74, 6) is -0.858. The van der Waals surface area contributed by atoms with Gasteiger partial charge in [-0.05, 0) is 58.8 Å². The molecule has 0 aliphatic heterocycles. The second kappa shape index (κ2) is 5.92. The maximum Gasteiger partial charge on any atom is 0.305 e. The van der Waals surface area contributed by atoms with Crippen LogP contribution in [0, 0.1) is 0 Å². The molecule has 0 heterocycles. The molecule has 104 valence electrons. The highest BCUT2D eigenvalue weighted by Gasteiger charge is 2.23. The van der Waals surface area contributed by atoms with E-state index in [1.807, 2.05) is 6.07 Å². The van der Waals surface area contributed by atoms with E-state index in [0.717, 1.165) is 37.7 Å². The number of halogens is 1. The molecule has 0 aromatic heterocycles. The van der Waals surface area contributed by atoms with Gasteiger partial charge in [-0.25, -0.2) is 0 Å². The summed E-state index contributed by atoms with van der Waals surface area (Å²) in [4.78, 5) is 10.8. The number of phenolic OH excluding ortho intramolecular Hbond substituents is 1. The Balaban J connectivity index is 2.50. The average molecular weight is 328 g/mol. The molecule has 1 unspecified atom stereocenters. The summed E-state index contributed by atoms with van der Waals surface area (Å²) in [6.45, 7) is 0. The number of phenols is 1. The lowest BCUT2D eigenvalue weighted by atomic mass is 9.91. The normalized spacial score (nSPS) is 16.5. The van der Waals surface area contributed by atoms with Crippen molar-refractivity contribution >= 4 is 21.9 Å². The fourth-order valence-electron chi connectivity index (χ4n) is 2.75. The van der Waals surface area contributed by atoms with Gasteiger partial charge in [0.25, 0.3) is 0 Å². The number of carboxylic acid groups (broad SMARTS) is 1. The Bertz CT molecular complexity index is 502. The van der Waals surface area contributed by atoms with Crippen molar-refractivity contribution in [3.8, 4) is 5.75 Å². The van der Waals surface area contributed by atoms with E-state index in [1.54, 1.807) is 0 Å². The number of aliphatic carboxylic acids is 1. The predicted molar refractivity (Wildman–Crippen MR) is 76.2 cm³/mol. The van der Waals surface area contributed by atoms with Crippen molar-refractivity contribution in [3.05, 3.63) is 27.2 Å². The second-order valence-electron chi connectivity index (χ2n) is 5.02. The van der Waals surface area contributed by atoms with Gasteiger partial charge in [-0.2, -0.15) is 0 Å². The number of rotatable bonds is 3. The van der Waals surface area contributed by atoms with Gasteiger partial charge in [0.05, 0.1) is 10.9 Å². The first kappa shape index (κ1) is 14.3. The largest absolute Gasteiger partial charge is 0.506 e. The van der Waals surface area contributed by atoms with Crippen LogP contribution < -0.4 is 5.73 Å². The molecule has 0 radical (unpaired) electrons. The number of benzene rings is 1. The molecule has 5 heteroatoms. The summed E-state index contributed by atoms with van der Waals surface area (Å²) in [6.07, 6.45) is 4.98. The Morgan fingerprint density at radius 1 is 1.37 bits per heavy atom. The number of aryl methyl sites for hydroxylation is 1. The van der Waals surface area contributed by atoms with Gasteiger partial charge in [-0.3, -0.25) is 4.79 Å². The molecule has 4 nitrogen and oxygen atoms in total. The van der Waals surface area contributed by atoms with Crippen LogP contribution in [0.1, 0.15) is 48.4 Å². The Morgan fingerprint density at radius 3 is 2.74 bits per heavy atom. The standard InChI is InChI=1S/C14H18BrNO3/c15-10-6-8-4-2-1-3-5-9(8)13(14(10)19)11(16)7-12(17)18/h6,11,19H,1-5,7,16H2,(H,17,18). The van der Waals surface area contributed by atoms with Gasteiger partial charge in [0.2, 0.25) is 0 Å². The molecule has 19 heavy (non-hydrogen) atoms. The molecule has 0 spiro atoms. The highest BCUT2D eigenvalue weighted by atomic mass is 79.9. The van der Waals surface area contributed by atoms with Crippen LogP contribution in [-0.2, 0) is 17.6 Å². The zero-order valence-corrected chi connectivity index (χ0v) is 12.2. The fraction of sp³-hybridized carbons (Fsp3) is 0.500. The number of hydrogen-bond donors (Lipinski definition) is 3. The highest BCUT2D eigenvalue weighted by Crippen LogP contribution is 2.39. The van der Waals surface area contributed by atoms with Crippen LogP contribution >= 0.6 is 15.9 Å². The monoisotopic (exact) mass is 327 g/mol. The number of carbonyl (C=O) groups is 1. The minimum atomic E-state index is -0.950. The predicted octanol–water partition coefficient (Wildman–Crippen LogP) is 2.90. The molecule has 0 fully saturated rings. The first-order chi connectivity index (χ1) is 9.00. The van der Waals surface area contributed by atoms with Crippen LogP contribution in [0.5, 0.6) is 5.75 Å². The summed E-state index contributed by atoms with van der Waals surface area (Å²) in [5, 5.41) is 19.1. The maximum atomic E-state index is 10.8. The number of aromatic hydroxyl groups is 1. The molecular formula is C14H18BrNO3.